The van der Waals surface area contributed by atoms with E-state index in [1.165, 1.54) is 38.3 Å². The summed E-state index contributed by atoms with van der Waals surface area (Å²) in [6.07, 6.45) is 0. The lowest BCUT2D eigenvalue weighted by atomic mass is 10.1. The number of nitrogens with one attached hydrogen (secondary N) is 2. The van der Waals surface area contributed by atoms with Gasteiger partial charge in [-0.2, -0.15) is 0 Å². The lowest BCUT2D eigenvalue weighted by molar-refractivity contribution is -0.114. The van der Waals surface area contributed by atoms with Crippen molar-refractivity contribution in [3.8, 4) is 5.75 Å². The molecule has 2 aromatic rings. The van der Waals surface area contributed by atoms with Crippen LogP contribution in [0.2, 0.25) is 5.02 Å². The first-order valence-electron chi connectivity index (χ1n) is 7.58. The number of ketones is 1. The number of methoxy groups -OCH3 is 1. The van der Waals surface area contributed by atoms with E-state index in [2.05, 4.69) is 10.6 Å². The summed E-state index contributed by atoms with van der Waals surface area (Å²) in [4.78, 5) is 35.1. The van der Waals surface area contributed by atoms with Crippen molar-refractivity contribution in [3.63, 3.8) is 0 Å². The minimum absolute atomic E-state index is 0.0153. The Labute approximate surface area is 154 Å². The van der Waals surface area contributed by atoms with Gasteiger partial charge in [0.25, 0.3) is 0 Å². The lowest BCUT2D eigenvalue weighted by Crippen LogP contribution is -2.23. The van der Waals surface area contributed by atoms with Crippen molar-refractivity contribution in [2.45, 2.75) is 6.92 Å². The molecule has 1 amide bonds. The Bertz CT molecular complexity index is 867. The van der Waals surface area contributed by atoms with Crippen LogP contribution in [0.25, 0.3) is 0 Å². The van der Waals surface area contributed by atoms with Gasteiger partial charge in [-0.25, -0.2) is 4.79 Å². The van der Waals surface area contributed by atoms with Crippen LogP contribution < -0.4 is 15.4 Å². The molecule has 0 bridgehead atoms. The third-order valence-electron chi connectivity index (χ3n) is 3.54. The Kier molecular flexibility index (Phi) is 6.19. The van der Waals surface area contributed by atoms with Gasteiger partial charge >= 0.3 is 5.97 Å². The monoisotopic (exact) mass is 376 g/mol. The fraction of sp³-hybridized carbons (Fsp3) is 0.167. The van der Waals surface area contributed by atoms with Crippen LogP contribution in [0.1, 0.15) is 27.6 Å². The zero-order valence-corrected chi connectivity index (χ0v) is 14.9. The maximum atomic E-state index is 12.2. The second-order valence-corrected chi connectivity index (χ2v) is 5.75. The number of Topliss-reactive ketones (excluding diaryl/α,β-unsaturated/α-hetero) is 1. The van der Waals surface area contributed by atoms with E-state index in [0.717, 1.165) is 0 Å². The molecule has 2 rings (SSSR count). The van der Waals surface area contributed by atoms with Crippen LogP contribution >= 0.6 is 11.6 Å². The summed E-state index contributed by atoms with van der Waals surface area (Å²) < 4.78 is 5.12. The van der Waals surface area contributed by atoms with Crippen LogP contribution in [0.3, 0.4) is 0 Å². The van der Waals surface area contributed by atoms with Crippen LogP contribution in [-0.4, -0.2) is 36.4 Å². The zero-order valence-electron chi connectivity index (χ0n) is 14.1. The zero-order chi connectivity index (χ0) is 19.3. The summed E-state index contributed by atoms with van der Waals surface area (Å²) in [5, 5.41) is 14.8. The van der Waals surface area contributed by atoms with Gasteiger partial charge in [-0.15, -0.1) is 0 Å². The van der Waals surface area contributed by atoms with E-state index >= 15 is 0 Å². The van der Waals surface area contributed by atoms with Crippen molar-refractivity contribution >= 4 is 40.6 Å². The number of hydrogen-bond donors (Lipinski definition) is 3. The number of amides is 1. The number of rotatable bonds is 7. The molecule has 0 atom stereocenters. The number of carboxylic acids is 1. The van der Waals surface area contributed by atoms with Crippen LogP contribution in [0.4, 0.5) is 11.4 Å². The van der Waals surface area contributed by atoms with Gasteiger partial charge in [0.05, 0.1) is 29.9 Å². The molecular formula is C18H17ClN2O5. The van der Waals surface area contributed by atoms with Crippen LogP contribution in [0.5, 0.6) is 5.75 Å². The summed E-state index contributed by atoms with van der Waals surface area (Å²) in [5.74, 6) is -1.48. The van der Waals surface area contributed by atoms with Crippen molar-refractivity contribution in [2.75, 3.05) is 24.3 Å². The van der Waals surface area contributed by atoms with Crippen molar-refractivity contribution in [2.24, 2.45) is 0 Å². The molecule has 3 N–H and O–H groups in total. The molecule has 0 radical (unpaired) electrons. The Morgan fingerprint density at radius 1 is 1.12 bits per heavy atom. The molecule has 0 fully saturated rings. The number of benzene rings is 2. The molecule has 0 unspecified atom stereocenters. The summed E-state index contributed by atoms with van der Waals surface area (Å²) in [6.45, 7) is 1.20. The SMILES string of the molecule is COc1cc(NCC(=O)Nc2ccccc2C(=O)O)c(C(C)=O)cc1Cl. The average molecular weight is 377 g/mol. The summed E-state index contributed by atoms with van der Waals surface area (Å²) in [6, 6.07) is 9.06. The number of carboxylic acid groups (broad SMARTS) is 1. The molecule has 0 spiro atoms. The summed E-state index contributed by atoms with van der Waals surface area (Å²) in [5.41, 5.74) is 0.876. The van der Waals surface area contributed by atoms with Crippen LogP contribution in [0.15, 0.2) is 36.4 Å². The van der Waals surface area contributed by atoms with E-state index < -0.39 is 11.9 Å². The Balaban J connectivity index is 2.15. The van der Waals surface area contributed by atoms with Gasteiger partial charge in [-0.05, 0) is 25.1 Å². The standard InChI is InChI=1S/C18H17ClN2O5/c1-10(22)12-7-13(19)16(26-2)8-15(12)20-9-17(23)21-14-6-4-3-5-11(14)18(24)25/h3-8,20H,9H2,1-2H3,(H,21,23)(H,24,25). The number of anilines is 2. The van der Waals surface area contributed by atoms with Gasteiger partial charge in [0.15, 0.2) is 5.78 Å². The number of carbonyl (C=O) groups is 3. The predicted molar refractivity (Wildman–Crippen MR) is 98.5 cm³/mol. The second-order valence-electron chi connectivity index (χ2n) is 5.34. The normalized spacial score (nSPS) is 10.1. The molecule has 7 nitrogen and oxygen atoms in total. The van der Waals surface area contributed by atoms with Crippen molar-refractivity contribution in [1.82, 2.24) is 0 Å². The second kappa shape index (κ2) is 8.35. The first kappa shape index (κ1) is 19.3. The molecular weight excluding hydrogens is 360 g/mol. The fourth-order valence-corrected chi connectivity index (χ4v) is 2.54. The fourth-order valence-electron chi connectivity index (χ4n) is 2.30. The quantitative estimate of drug-likeness (QED) is 0.640. The highest BCUT2D eigenvalue weighted by Crippen LogP contribution is 2.31. The third kappa shape index (κ3) is 4.52. The maximum absolute atomic E-state index is 12.2. The first-order valence-corrected chi connectivity index (χ1v) is 7.95. The smallest absolute Gasteiger partial charge is 0.337 e. The number of halogens is 1. The number of para-hydroxylation sites is 1. The van der Waals surface area contributed by atoms with E-state index in [1.54, 1.807) is 12.1 Å². The van der Waals surface area contributed by atoms with Gasteiger partial charge in [-0.1, -0.05) is 23.7 Å². The van der Waals surface area contributed by atoms with Crippen molar-refractivity contribution in [1.29, 1.82) is 0 Å². The Hall–Kier alpha value is -3.06. The molecule has 0 aromatic heterocycles. The largest absolute Gasteiger partial charge is 0.495 e. The molecule has 136 valence electrons. The summed E-state index contributed by atoms with van der Waals surface area (Å²) >= 11 is 6.02. The minimum Gasteiger partial charge on any atom is -0.495 e. The summed E-state index contributed by atoms with van der Waals surface area (Å²) in [7, 11) is 1.44. The number of hydrogen-bond acceptors (Lipinski definition) is 5. The number of carbonyl (C=O) groups excluding carboxylic acids is 2. The van der Waals surface area contributed by atoms with E-state index in [-0.39, 0.29) is 28.6 Å². The van der Waals surface area contributed by atoms with Crippen LogP contribution in [-0.2, 0) is 4.79 Å². The van der Waals surface area contributed by atoms with Crippen molar-refractivity contribution in [3.05, 3.63) is 52.5 Å². The first-order chi connectivity index (χ1) is 12.3. The highest BCUT2D eigenvalue weighted by atomic mass is 35.5. The molecule has 0 aliphatic carbocycles. The molecule has 0 aliphatic heterocycles. The van der Waals surface area contributed by atoms with Crippen LogP contribution in [0, 0.1) is 0 Å². The molecule has 2 aromatic carbocycles. The third-order valence-corrected chi connectivity index (χ3v) is 3.84. The molecule has 8 heteroatoms. The minimum atomic E-state index is -1.14. The molecule has 0 heterocycles. The molecule has 0 saturated heterocycles. The Morgan fingerprint density at radius 2 is 1.81 bits per heavy atom. The van der Waals surface area contributed by atoms with E-state index in [4.69, 9.17) is 21.4 Å². The number of aromatic carboxylic acids is 1. The van der Waals surface area contributed by atoms with Gasteiger partial charge in [0.1, 0.15) is 5.75 Å². The molecule has 0 saturated carbocycles. The topological polar surface area (TPSA) is 105 Å². The maximum Gasteiger partial charge on any atom is 0.337 e. The molecule has 0 aliphatic rings. The predicted octanol–water partition coefficient (Wildman–Crippen LogP) is 3.30. The van der Waals surface area contributed by atoms with Gasteiger partial charge in [0.2, 0.25) is 5.91 Å². The molecule has 26 heavy (non-hydrogen) atoms. The highest BCUT2D eigenvalue weighted by molar-refractivity contribution is 6.32. The van der Waals surface area contributed by atoms with Gasteiger partial charge in [0, 0.05) is 17.3 Å². The van der Waals surface area contributed by atoms with Crippen molar-refractivity contribution < 1.29 is 24.2 Å². The lowest BCUT2D eigenvalue weighted by Gasteiger charge is -2.14. The number of ether oxygens (including phenoxy) is 1. The van der Waals surface area contributed by atoms with Gasteiger partial charge < -0.3 is 20.5 Å². The van der Waals surface area contributed by atoms with E-state index in [1.807, 2.05) is 0 Å². The average Bonchev–Trinajstić information content (AvgIpc) is 2.60. The van der Waals surface area contributed by atoms with E-state index in [9.17, 15) is 14.4 Å². The van der Waals surface area contributed by atoms with E-state index in [0.29, 0.717) is 17.0 Å². The van der Waals surface area contributed by atoms with Gasteiger partial charge in [-0.3, -0.25) is 9.59 Å². The highest BCUT2D eigenvalue weighted by Gasteiger charge is 2.15. The Morgan fingerprint density at radius 3 is 2.42 bits per heavy atom.